The molecule has 3 aromatic rings. The van der Waals surface area contributed by atoms with Crippen LogP contribution in [0.1, 0.15) is 12.5 Å². The molecule has 49 heavy (non-hydrogen) atoms. The van der Waals surface area contributed by atoms with E-state index in [4.69, 9.17) is 33.2 Å². The smallest absolute Gasteiger partial charge is 0.417 e. The van der Waals surface area contributed by atoms with Crippen LogP contribution in [0.25, 0.3) is 22.0 Å². The summed E-state index contributed by atoms with van der Waals surface area (Å²) < 4.78 is 78.2. The number of carboxylic acid groups (broad SMARTS) is 1. The van der Waals surface area contributed by atoms with Crippen molar-refractivity contribution < 1.29 is 61.0 Å². The molecule has 1 amide bonds. The fraction of sp³-hybridized carbons (Fsp3) is 0.485. The summed E-state index contributed by atoms with van der Waals surface area (Å²) >= 11 is 0. The Labute approximate surface area is 279 Å². The van der Waals surface area contributed by atoms with Crippen LogP contribution in [0, 0.1) is 0 Å². The Bertz CT molecular complexity index is 1620. The molecular weight excluding hydrogens is 657 g/mol. The van der Waals surface area contributed by atoms with Gasteiger partial charge in [-0.25, -0.2) is 9.59 Å². The number of carbonyl (C=O) groups is 2. The molecule has 2 heterocycles. The molecule has 268 valence electrons. The number of hydrogen-bond donors (Lipinski definition) is 2. The molecule has 1 saturated heterocycles. The molecule has 2 N–H and O–H groups in total. The van der Waals surface area contributed by atoms with Gasteiger partial charge in [-0.3, -0.25) is 9.69 Å². The zero-order valence-electron chi connectivity index (χ0n) is 27.1. The second-order valence-corrected chi connectivity index (χ2v) is 11.0. The number of rotatable bonds is 20. The van der Waals surface area contributed by atoms with Crippen molar-refractivity contribution >= 4 is 28.5 Å². The zero-order valence-corrected chi connectivity index (χ0v) is 27.1. The van der Waals surface area contributed by atoms with Gasteiger partial charge in [0.2, 0.25) is 5.60 Å². The first-order chi connectivity index (χ1) is 23.5. The van der Waals surface area contributed by atoms with Crippen LogP contribution in [0.15, 0.2) is 53.3 Å². The Hall–Kier alpha value is -4.06. The second kappa shape index (κ2) is 17.6. The number of cyclic esters (lactones) is 1. The number of carbonyl (C=O) groups excluding carboxylic acids is 1. The molecule has 13 nitrogen and oxygen atoms in total. The van der Waals surface area contributed by atoms with E-state index in [9.17, 15) is 32.7 Å². The van der Waals surface area contributed by atoms with Crippen LogP contribution in [0.3, 0.4) is 0 Å². The van der Waals surface area contributed by atoms with Gasteiger partial charge >= 0.3 is 18.2 Å². The number of carboxylic acids is 1. The Morgan fingerprint density at radius 2 is 1.49 bits per heavy atom. The Kier molecular flexibility index (Phi) is 13.5. The number of benzene rings is 2. The molecule has 0 spiro atoms. The summed E-state index contributed by atoms with van der Waals surface area (Å²) in [5.74, 6) is -1.36. The standard InChI is InChI=1S/C33H39F3N2O11/c1-32(30(40)41,48-18-17-47-16-15-46-14-13-45-12-11-44-10-9-43-2)28-21-38(31(42)49-28)23-8-7-22-19-27(37-29(39)25(22)20-23)24-5-3-4-6-26(24)33(34,35)36/h3-8,19-20,28H,9-18,21H2,1-2H3,(H,37,39)(H,40,41)/t28?,32-/m0/s1. The number of aromatic nitrogens is 1. The number of hydrogen-bond acceptors (Lipinski definition) is 10. The van der Waals surface area contributed by atoms with E-state index in [1.54, 1.807) is 7.11 Å². The predicted octanol–water partition coefficient (Wildman–Crippen LogP) is 4.11. The summed E-state index contributed by atoms with van der Waals surface area (Å²) in [6.45, 7) is 4.20. The van der Waals surface area contributed by atoms with E-state index in [0.29, 0.717) is 45.0 Å². The number of aromatic amines is 1. The number of nitrogens with zero attached hydrogens (tertiary/aromatic N) is 1. The maximum absolute atomic E-state index is 13.6. The van der Waals surface area contributed by atoms with Gasteiger partial charge in [0.25, 0.3) is 5.56 Å². The number of halogens is 3. The highest BCUT2D eigenvalue weighted by Gasteiger charge is 2.51. The number of alkyl halides is 3. The first kappa shape index (κ1) is 37.8. The Balaban J connectivity index is 1.29. The molecule has 1 aliphatic heterocycles. The molecule has 16 heteroatoms. The van der Waals surface area contributed by atoms with Crippen molar-refractivity contribution in [3.63, 3.8) is 0 Å². The molecule has 4 rings (SSSR count). The van der Waals surface area contributed by atoms with E-state index < -0.39 is 41.1 Å². The summed E-state index contributed by atoms with van der Waals surface area (Å²) in [6, 6.07) is 10.7. The minimum Gasteiger partial charge on any atom is -0.479 e. The number of fused-ring (bicyclic) bond motifs is 1. The highest BCUT2D eigenvalue weighted by atomic mass is 19.4. The van der Waals surface area contributed by atoms with Crippen molar-refractivity contribution in [3.8, 4) is 11.3 Å². The van der Waals surface area contributed by atoms with Gasteiger partial charge in [0.1, 0.15) is 0 Å². The van der Waals surface area contributed by atoms with Crippen LogP contribution in [0.5, 0.6) is 0 Å². The van der Waals surface area contributed by atoms with E-state index in [1.165, 1.54) is 49.4 Å². The summed E-state index contributed by atoms with van der Waals surface area (Å²) in [5, 5.41) is 10.4. The van der Waals surface area contributed by atoms with Crippen molar-refractivity contribution in [1.29, 1.82) is 0 Å². The number of H-pyrrole nitrogens is 1. The average molecular weight is 697 g/mol. The lowest BCUT2D eigenvalue weighted by Gasteiger charge is -2.29. The highest BCUT2D eigenvalue weighted by molar-refractivity contribution is 5.95. The number of anilines is 1. The van der Waals surface area contributed by atoms with Crippen LogP contribution < -0.4 is 10.5 Å². The van der Waals surface area contributed by atoms with Gasteiger partial charge in [-0.1, -0.05) is 24.3 Å². The molecule has 1 fully saturated rings. The third-order valence-electron chi connectivity index (χ3n) is 7.69. The van der Waals surface area contributed by atoms with Gasteiger partial charge < -0.3 is 43.2 Å². The number of ether oxygens (including phenoxy) is 7. The van der Waals surface area contributed by atoms with Gasteiger partial charge in [-0.2, -0.15) is 13.2 Å². The molecule has 2 aromatic carbocycles. The molecule has 1 aromatic heterocycles. The van der Waals surface area contributed by atoms with Crippen LogP contribution in [0.2, 0.25) is 0 Å². The summed E-state index contributed by atoms with van der Waals surface area (Å²) in [5.41, 5.74) is -3.48. The van der Waals surface area contributed by atoms with Crippen molar-refractivity contribution in [2.45, 2.75) is 24.8 Å². The van der Waals surface area contributed by atoms with E-state index in [2.05, 4.69) is 4.98 Å². The summed E-state index contributed by atoms with van der Waals surface area (Å²) in [6.07, 6.45) is -6.71. The normalized spacial score (nSPS) is 16.2. The van der Waals surface area contributed by atoms with Crippen molar-refractivity contribution in [3.05, 3.63) is 64.4 Å². The zero-order chi connectivity index (χ0) is 35.4. The minimum absolute atomic E-state index is 0.0224. The number of amides is 1. The average Bonchev–Trinajstić information content (AvgIpc) is 3.47. The molecule has 1 aliphatic rings. The molecular formula is C33H39F3N2O11. The van der Waals surface area contributed by atoms with Crippen molar-refractivity contribution in [2.75, 3.05) is 84.6 Å². The first-order valence-electron chi connectivity index (χ1n) is 15.4. The number of nitrogens with one attached hydrogen (secondary N) is 1. The molecule has 0 saturated carbocycles. The van der Waals surface area contributed by atoms with E-state index in [-0.39, 0.29) is 55.3 Å². The third-order valence-corrected chi connectivity index (χ3v) is 7.69. The fourth-order valence-electron chi connectivity index (χ4n) is 5.00. The quantitative estimate of drug-likeness (QED) is 0.164. The van der Waals surface area contributed by atoms with Crippen LogP contribution in [-0.4, -0.2) is 114 Å². The monoisotopic (exact) mass is 696 g/mol. The van der Waals surface area contributed by atoms with E-state index in [0.717, 1.165) is 11.0 Å². The summed E-state index contributed by atoms with van der Waals surface area (Å²) in [4.78, 5) is 41.8. The predicted molar refractivity (Wildman–Crippen MR) is 170 cm³/mol. The molecule has 2 atom stereocenters. The number of methoxy groups -OCH3 is 1. The molecule has 0 bridgehead atoms. The van der Waals surface area contributed by atoms with E-state index in [1.807, 2.05) is 0 Å². The van der Waals surface area contributed by atoms with Gasteiger partial charge in [0, 0.05) is 29.4 Å². The van der Waals surface area contributed by atoms with Crippen LogP contribution in [0.4, 0.5) is 23.7 Å². The second-order valence-electron chi connectivity index (χ2n) is 11.0. The Morgan fingerprint density at radius 3 is 2.08 bits per heavy atom. The van der Waals surface area contributed by atoms with E-state index >= 15 is 0 Å². The lowest BCUT2D eigenvalue weighted by Crippen LogP contribution is -2.51. The lowest BCUT2D eigenvalue weighted by atomic mass is 9.98. The van der Waals surface area contributed by atoms with Crippen molar-refractivity contribution in [2.24, 2.45) is 0 Å². The SMILES string of the molecule is COCCOCCOCCOCCOCCO[C@](C)(C(=O)O)C1CN(c2ccc3cc(-c4ccccc4C(F)(F)F)[nH]c(=O)c3c2)C(=O)O1. The first-order valence-corrected chi connectivity index (χ1v) is 15.4. The Morgan fingerprint density at radius 1 is 0.898 bits per heavy atom. The van der Waals surface area contributed by atoms with Gasteiger partial charge in [0.05, 0.1) is 78.2 Å². The minimum atomic E-state index is -4.63. The highest BCUT2D eigenvalue weighted by Crippen LogP contribution is 2.37. The maximum atomic E-state index is 13.6. The molecule has 1 unspecified atom stereocenters. The third kappa shape index (κ3) is 9.99. The number of aliphatic carboxylic acids is 1. The lowest BCUT2D eigenvalue weighted by molar-refractivity contribution is -0.178. The van der Waals surface area contributed by atoms with Gasteiger partial charge in [0.15, 0.2) is 6.10 Å². The largest absolute Gasteiger partial charge is 0.479 e. The van der Waals surface area contributed by atoms with Crippen molar-refractivity contribution in [1.82, 2.24) is 4.98 Å². The fourth-order valence-corrected chi connectivity index (χ4v) is 5.00. The number of pyridine rings is 1. The van der Waals surface area contributed by atoms with Crippen LogP contribution >= 0.6 is 0 Å². The molecule has 0 radical (unpaired) electrons. The van der Waals surface area contributed by atoms with Crippen LogP contribution in [-0.2, 0) is 44.1 Å². The maximum Gasteiger partial charge on any atom is 0.417 e. The summed E-state index contributed by atoms with van der Waals surface area (Å²) in [7, 11) is 1.60. The van der Waals surface area contributed by atoms with Gasteiger partial charge in [-0.15, -0.1) is 0 Å². The topological polar surface area (TPSA) is 155 Å². The van der Waals surface area contributed by atoms with Gasteiger partial charge in [-0.05, 0) is 36.6 Å². The molecule has 0 aliphatic carbocycles.